The summed E-state index contributed by atoms with van der Waals surface area (Å²) >= 11 is 0. The van der Waals surface area contributed by atoms with Crippen molar-refractivity contribution in [2.75, 3.05) is 13.1 Å². The number of nitrogens with two attached hydrogens (primary N) is 1. The molecule has 0 aromatic rings. The van der Waals surface area contributed by atoms with E-state index in [1.165, 1.54) is 96.3 Å². The van der Waals surface area contributed by atoms with Gasteiger partial charge in [-0.1, -0.05) is 104 Å². The van der Waals surface area contributed by atoms with Gasteiger partial charge in [-0.3, -0.25) is 10.2 Å². The van der Waals surface area contributed by atoms with Crippen LogP contribution in [0.2, 0.25) is 0 Å². The smallest absolute Gasteiger partial charge is 0.300 e. The number of nitrogens with one attached hydrogen (secondary N) is 1. The lowest BCUT2D eigenvalue weighted by molar-refractivity contribution is -0.134. The van der Waals surface area contributed by atoms with Gasteiger partial charge in [0.2, 0.25) is 0 Å². The number of carbonyl (C=O) groups is 1. The molecule has 0 saturated heterocycles. The molecule has 0 fully saturated rings. The van der Waals surface area contributed by atoms with E-state index in [9.17, 15) is 0 Å². The predicted molar refractivity (Wildman–Crippen MR) is 122 cm³/mol. The van der Waals surface area contributed by atoms with Crippen molar-refractivity contribution >= 4 is 11.9 Å². The molecule has 168 valence electrons. The highest BCUT2D eigenvalue weighted by Gasteiger charge is 2.04. The second-order valence-electron chi connectivity index (χ2n) is 7.84. The Balaban J connectivity index is 0. The van der Waals surface area contributed by atoms with Crippen molar-refractivity contribution in [2.24, 2.45) is 5.73 Å². The normalized spacial score (nSPS) is 10.2. The second kappa shape index (κ2) is 23.8. The third-order valence-corrected chi connectivity index (χ3v) is 4.90. The molecular weight excluding hydrogens is 350 g/mol. The summed E-state index contributed by atoms with van der Waals surface area (Å²) in [6, 6.07) is 0. The second-order valence-corrected chi connectivity index (χ2v) is 7.84. The number of carboxylic acid groups (broad SMARTS) is 1. The van der Waals surface area contributed by atoms with Gasteiger partial charge in [0.15, 0.2) is 5.96 Å². The Morgan fingerprint density at radius 3 is 1.32 bits per heavy atom. The summed E-state index contributed by atoms with van der Waals surface area (Å²) in [7, 11) is 0. The molecule has 5 heteroatoms. The van der Waals surface area contributed by atoms with Crippen LogP contribution >= 0.6 is 0 Å². The maximum Gasteiger partial charge on any atom is 0.300 e. The Bertz CT molecular complexity index is 345. The van der Waals surface area contributed by atoms with E-state index in [2.05, 4.69) is 13.8 Å². The minimum absolute atomic E-state index is 0.248. The SMILES string of the molecule is CC(=O)O.CCCCCCCCCCCCCCCCN(CCCC)C(=N)N. The Labute approximate surface area is 175 Å². The molecule has 0 atom stereocenters. The standard InChI is InChI=1S/C21H45N3.C2H4O2/c1-3-5-7-8-9-10-11-12-13-14-15-16-17-18-20-24(21(22)23)19-6-4-2;1-2(3)4/h3-20H2,1-2H3,(H3,22,23);1H3,(H,3,4). The minimum atomic E-state index is -0.833. The van der Waals surface area contributed by atoms with Gasteiger partial charge in [0.25, 0.3) is 5.97 Å². The van der Waals surface area contributed by atoms with Gasteiger partial charge in [0, 0.05) is 20.0 Å². The van der Waals surface area contributed by atoms with Gasteiger partial charge in [-0.15, -0.1) is 0 Å². The molecule has 0 aliphatic rings. The van der Waals surface area contributed by atoms with Crippen LogP contribution in [0, 0.1) is 5.41 Å². The molecule has 0 aromatic carbocycles. The van der Waals surface area contributed by atoms with E-state index in [1.807, 2.05) is 4.90 Å². The molecule has 0 aliphatic carbocycles. The van der Waals surface area contributed by atoms with Gasteiger partial charge in [-0.05, 0) is 12.8 Å². The summed E-state index contributed by atoms with van der Waals surface area (Å²) in [6.45, 7) is 7.47. The molecule has 0 bridgehead atoms. The minimum Gasteiger partial charge on any atom is -0.481 e. The molecule has 0 saturated carbocycles. The van der Waals surface area contributed by atoms with Crippen LogP contribution in [0.4, 0.5) is 0 Å². The first-order chi connectivity index (χ1) is 13.5. The van der Waals surface area contributed by atoms with Crippen molar-refractivity contribution in [3.8, 4) is 0 Å². The van der Waals surface area contributed by atoms with Crippen LogP contribution in [0.5, 0.6) is 0 Å². The van der Waals surface area contributed by atoms with Crippen LogP contribution in [0.1, 0.15) is 124 Å². The molecule has 0 unspecified atom stereocenters. The Hall–Kier alpha value is -1.26. The molecule has 0 aliphatic heterocycles. The van der Waals surface area contributed by atoms with Gasteiger partial charge in [-0.2, -0.15) is 0 Å². The van der Waals surface area contributed by atoms with Gasteiger partial charge in [0.1, 0.15) is 0 Å². The van der Waals surface area contributed by atoms with E-state index < -0.39 is 5.97 Å². The van der Waals surface area contributed by atoms with Crippen molar-refractivity contribution in [3.05, 3.63) is 0 Å². The van der Waals surface area contributed by atoms with Gasteiger partial charge in [0.05, 0.1) is 0 Å². The van der Waals surface area contributed by atoms with Crippen molar-refractivity contribution in [1.82, 2.24) is 4.90 Å². The number of guanidine groups is 1. The zero-order valence-corrected chi connectivity index (χ0v) is 19.1. The first kappa shape index (κ1) is 28.9. The van der Waals surface area contributed by atoms with Crippen LogP contribution in [0.25, 0.3) is 0 Å². The van der Waals surface area contributed by atoms with Crippen LogP contribution in [-0.2, 0) is 4.79 Å². The summed E-state index contributed by atoms with van der Waals surface area (Å²) in [4.78, 5) is 11.0. The van der Waals surface area contributed by atoms with E-state index in [0.717, 1.165) is 26.4 Å². The number of carboxylic acids is 1. The fourth-order valence-electron chi connectivity index (χ4n) is 3.20. The van der Waals surface area contributed by atoms with Gasteiger partial charge in [-0.25, -0.2) is 0 Å². The lowest BCUT2D eigenvalue weighted by Crippen LogP contribution is -2.37. The topological polar surface area (TPSA) is 90.4 Å². The van der Waals surface area contributed by atoms with Crippen molar-refractivity contribution in [3.63, 3.8) is 0 Å². The number of rotatable bonds is 18. The van der Waals surface area contributed by atoms with Gasteiger partial charge < -0.3 is 15.7 Å². The number of nitrogens with zero attached hydrogens (tertiary/aromatic N) is 1. The summed E-state index contributed by atoms with van der Waals surface area (Å²) < 4.78 is 0. The monoisotopic (exact) mass is 399 g/mol. The first-order valence-electron chi connectivity index (χ1n) is 11.7. The third-order valence-electron chi connectivity index (χ3n) is 4.90. The summed E-state index contributed by atoms with van der Waals surface area (Å²) in [5, 5.41) is 15.0. The maximum absolute atomic E-state index is 9.00. The van der Waals surface area contributed by atoms with E-state index in [1.54, 1.807) is 0 Å². The summed E-state index contributed by atoms with van der Waals surface area (Å²) in [6.07, 6.45) is 21.8. The zero-order valence-electron chi connectivity index (χ0n) is 19.1. The molecule has 0 rings (SSSR count). The fraction of sp³-hybridized carbons (Fsp3) is 0.913. The van der Waals surface area contributed by atoms with E-state index >= 15 is 0 Å². The Morgan fingerprint density at radius 1 is 0.714 bits per heavy atom. The number of hydrogen-bond acceptors (Lipinski definition) is 2. The molecule has 0 spiro atoms. The molecule has 5 nitrogen and oxygen atoms in total. The molecule has 0 heterocycles. The Morgan fingerprint density at radius 2 is 1.00 bits per heavy atom. The molecule has 0 radical (unpaired) electrons. The molecule has 0 aromatic heterocycles. The maximum atomic E-state index is 9.00. The highest BCUT2D eigenvalue weighted by molar-refractivity contribution is 5.74. The molecular formula is C23H49N3O2. The largest absolute Gasteiger partial charge is 0.481 e. The van der Waals surface area contributed by atoms with Crippen molar-refractivity contribution in [1.29, 1.82) is 5.41 Å². The quantitative estimate of drug-likeness (QED) is 0.138. The van der Waals surface area contributed by atoms with Crippen molar-refractivity contribution < 1.29 is 9.90 Å². The summed E-state index contributed by atoms with van der Waals surface area (Å²) in [5.41, 5.74) is 5.64. The zero-order chi connectivity index (χ0) is 21.5. The van der Waals surface area contributed by atoms with Crippen LogP contribution in [-0.4, -0.2) is 35.0 Å². The van der Waals surface area contributed by atoms with E-state index in [0.29, 0.717) is 0 Å². The van der Waals surface area contributed by atoms with E-state index in [-0.39, 0.29) is 5.96 Å². The number of unbranched alkanes of at least 4 members (excludes halogenated alkanes) is 14. The van der Waals surface area contributed by atoms with E-state index in [4.69, 9.17) is 21.0 Å². The van der Waals surface area contributed by atoms with Gasteiger partial charge >= 0.3 is 0 Å². The lowest BCUT2D eigenvalue weighted by Gasteiger charge is -2.22. The number of aliphatic carboxylic acids is 1. The molecule has 28 heavy (non-hydrogen) atoms. The third kappa shape index (κ3) is 27.0. The average Bonchev–Trinajstić information content (AvgIpc) is 2.63. The molecule has 0 amide bonds. The highest BCUT2D eigenvalue weighted by Crippen LogP contribution is 2.13. The van der Waals surface area contributed by atoms with Crippen LogP contribution < -0.4 is 5.73 Å². The van der Waals surface area contributed by atoms with Crippen LogP contribution in [0.15, 0.2) is 0 Å². The lowest BCUT2D eigenvalue weighted by atomic mass is 10.0. The first-order valence-corrected chi connectivity index (χ1v) is 11.7. The predicted octanol–water partition coefficient (Wildman–Crippen LogP) is 6.55. The Kier molecular flexibility index (Phi) is 24.6. The molecule has 4 N–H and O–H groups in total. The summed E-state index contributed by atoms with van der Waals surface area (Å²) in [5.74, 6) is -0.585. The average molecular weight is 400 g/mol. The number of hydrogen-bond donors (Lipinski definition) is 3. The fourth-order valence-corrected chi connectivity index (χ4v) is 3.20. The van der Waals surface area contributed by atoms with Crippen molar-refractivity contribution in [2.45, 2.75) is 124 Å². The van der Waals surface area contributed by atoms with Crippen LogP contribution in [0.3, 0.4) is 0 Å². The highest BCUT2D eigenvalue weighted by atomic mass is 16.4.